The molecule has 24 heavy (non-hydrogen) atoms. The summed E-state index contributed by atoms with van der Waals surface area (Å²) in [6, 6.07) is 6.00. The van der Waals surface area contributed by atoms with Crippen molar-refractivity contribution in [3.8, 4) is 0 Å². The summed E-state index contributed by atoms with van der Waals surface area (Å²) in [5.74, 6) is 1.11. The molecule has 4 heteroatoms. The zero-order valence-electron chi connectivity index (χ0n) is 14.4. The van der Waals surface area contributed by atoms with Crippen LogP contribution in [0.4, 0.5) is 5.69 Å². The van der Waals surface area contributed by atoms with E-state index >= 15 is 0 Å². The fourth-order valence-corrected chi connectivity index (χ4v) is 4.19. The molecule has 1 atom stereocenters. The summed E-state index contributed by atoms with van der Waals surface area (Å²) < 4.78 is 0. The van der Waals surface area contributed by atoms with Gasteiger partial charge in [0.1, 0.15) is 0 Å². The molecule has 1 aromatic rings. The van der Waals surface area contributed by atoms with Crippen molar-refractivity contribution in [2.45, 2.75) is 64.3 Å². The van der Waals surface area contributed by atoms with E-state index in [-0.39, 0.29) is 23.7 Å². The summed E-state index contributed by atoms with van der Waals surface area (Å²) in [6.07, 6.45) is 7.66. The summed E-state index contributed by atoms with van der Waals surface area (Å²) in [6.45, 7) is 2.11. The third kappa shape index (κ3) is 3.51. The number of anilines is 1. The van der Waals surface area contributed by atoms with E-state index in [1.54, 1.807) is 0 Å². The number of halogens is 1. The minimum atomic E-state index is 0.142. The summed E-state index contributed by atoms with van der Waals surface area (Å²) >= 11 is 5.68. The predicted molar refractivity (Wildman–Crippen MR) is 98.0 cm³/mol. The number of amides is 1. The van der Waals surface area contributed by atoms with E-state index in [0.29, 0.717) is 18.7 Å². The fraction of sp³-hybridized carbons (Fsp3) is 0.600. The Hall–Kier alpha value is -1.35. The van der Waals surface area contributed by atoms with E-state index in [1.807, 2.05) is 23.1 Å². The van der Waals surface area contributed by atoms with Gasteiger partial charge in [-0.15, -0.1) is 11.6 Å². The predicted octanol–water partition coefficient (Wildman–Crippen LogP) is 4.75. The minimum absolute atomic E-state index is 0.142. The standard InChI is InChI=1S/C20H26ClNO2/c1-14-12-17-13-16(19(23)8-5-11-21)9-10-18(17)22(14)20(24)15-6-3-2-4-7-15/h9-10,13-15H,2-8,11-12H2,1H3. The number of ketones is 1. The van der Waals surface area contributed by atoms with Crippen molar-refractivity contribution in [1.29, 1.82) is 0 Å². The second-order valence-electron chi connectivity index (χ2n) is 7.16. The normalized spacial score (nSPS) is 20.9. The molecule has 1 aromatic carbocycles. The Morgan fingerprint density at radius 2 is 1.96 bits per heavy atom. The Bertz CT molecular complexity index is 622. The van der Waals surface area contributed by atoms with E-state index in [0.717, 1.165) is 36.1 Å². The van der Waals surface area contributed by atoms with E-state index in [2.05, 4.69) is 6.92 Å². The van der Waals surface area contributed by atoms with Gasteiger partial charge < -0.3 is 4.90 Å². The smallest absolute Gasteiger partial charge is 0.230 e. The van der Waals surface area contributed by atoms with Crippen LogP contribution in [0.2, 0.25) is 0 Å². The molecule has 1 heterocycles. The maximum absolute atomic E-state index is 13.0. The van der Waals surface area contributed by atoms with Crippen LogP contribution in [0.15, 0.2) is 18.2 Å². The van der Waals surface area contributed by atoms with Gasteiger partial charge in [0, 0.05) is 35.5 Å². The van der Waals surface area contributed by atoms with Crippen molar-refractivity contribution in [2.24, 2.45) is 5.92 Å². The molecule has 0 radical (unpaired) electrons. The number of Topliss-reactive ketones (excluding diaryl/α,β-unsaturated/α-hetero) is 1. The van der Waals surface area contributed by atoms with Crippen molar-refractivity contribution in [1.82, 2.24) is 0 Å². The first-order valence-corrected chi connectivity index (χ1v) is 9.70. The van der Waals surface area contributed by atoms with Gasteiger partial charge in [0.25, 0.3) is 0 Å². The zero-order chi connectivity index (χ0) is 17.1. The van der Waals surface area contributed by atoms with Gasteiger partial charge in [-0.3, -0.25) is 9.59 Å². The Morgan fingerprint density at radius 1 is 1.21 bits per heavy atom. The molecule has 1 aliphatic carbocycles. The highest BCUT2D eigenvalue weighted by Crippen LogP contribution is 2.36. The van der Waals surface area contributed by atoms with Crippen LogP contribution in [0, 0.1) is 5.92 Å². The minimum Gasteiger partial charge on any atom is -0.309 e. The van der Waals surface area contributed by atoms with Gasteiger partial charge >= 0.3 is 0 Å². The first kappa shape index (κ1) is 17.5. The maximum Gasteiger partial charge on any atom is 0.230 e. The molecule has 0 saturated heterocycles. The molecule has 0 aromatic heterocycles. The van der Waals surface area contributed by atoms with Crippen molar-refractivity contribution in [3.63, 3.8) is 0 Å². The summed E-state index contributed by atoms with van der Waals surface area (Å²) in [7, 11) is 0. The molecule has 1 aliphatic heterocycles. The average Bonchev–Trinajstić information content (AvgIpc) is 2.94. The van der Waals surface area contributed by atoms with Crippen LogP contribution >= 0.6 is 11.6 Å². The molecule has 2 aliphatic rings. The highest BCUT2D eigenvalue weighted by Gasteiger charge is 2.35. The van der Waals surface area contributed by atoms with Crippen LogP contribution in [-0.2, 0) is 11.2 Å². The van der Waals surface area contributed by atoms with Gasteiger partial charge in [-0.05, 0) is 56.4 Å². The number of hydrogen-bond donors (Lipinski definition) is 0. The summed E-state index contributed by atoms with van der Waals surface area (Å²) in [5.41, 5.74) is 2.88. The Morgan fingerprint density at radius 3 is 2.67 bits per heavy atom. The van der Waals surface area contributed by atoms with E-state index < -0.39 is 0 Å². The van der Waals surface area contributed by atoms with Gasteiger partial charge in [-0.2, -0.15) is 0 Å². The number of benzene rings is 1. The molecule has 3 nitrogen and oxygen atoms in total. The lowest BCUT2D eigenvalue weighted by Gasteiger charge is -2.29. The van der Waals surface area contributed by atoms with Crippen LogP contribution in [0.25, 0.3) is 0 Å². The first-order chi connectivity index (χ1) is 11.6. The molecule has 1 saturated carbocycles. The highest BCUT2D eigenvalue weighted by molar-refractivity contribution is 6.18. The average molecular weight is 348 g/mol. The maximum atomic E-state index is 13.0. The number of alkyl halides is 1. The van der Waals surface area contributed by atoms with Gasteiger partial charge in [-0.1, -0.05) is 19.3 Å². The van der Waals surface area contributed by atoms with E-state index in [1.165, 1.54) is 19.3 Å². The van der Waals surface area contributed by atoms with Crippen molar-refractivity contribution < 1.29 is 9.59 Å². The van der Waals surface area contributed by atoms with Gasteiger partial charge in [0.05, 0.1) is 0 Å². The Balaban J connectivity index is 1.79. The van der Waals surface area contributed by atoms with Gasteiger partial charge in [0.15, 0.2) is 5.78 Å². The molecule has 3 rings (SSSR count). The molecule has 1 amide bonds. The topological polar surface area (TPSA) is 37.4 Å². The lowest BCUT2D eigenvalue weighted by Crippen LogP contribution is -2.40. The third-order valence-electron chi connectivity index (χ3n) is 5.35. The monoisotopic (exact) mass is 347 g/mol. The van der Waals surface area contributed by atoms with Gasteiger partial charge in [0.2, 0.25) is 5.91 Å². The summed E-state index contributed by atoms with van der Waals surface area (Å²) in [5, 5.41) is 0. The quantitative estimate of drug-likeness (QED) is 0.569. The SMILES string of the molecule is CC1Cc2cc(C(=O)CCCCl)ccc2N1C(=O)C1CCCCC1. The van der Waals surface area contributed by atoms with Crippen molar-refractivity contribution >= 4 is 29.0 Å². The molecular formula is C20H26ClNO2. The number of hydrogen-bond acceptors (Lipinski definition) is 2. The Kier molecular flexibility index (Phi) is 5.60. The second kappa shape index (κ2) is 7.69. The Labute approximate surface area is 149 Å². The number of carbonyl (C=O) groups is 2. The molecule has 130 valence electrons. The van der Waals surface area contributed by atoms with E-state index in [9.17, 15) is 9.59 Å². The van der Waals surface area contributed by atoms with Crippen molar-refractivity contribution in [2.75, 3.05) is 10.8 Å². The largest absolute Gasteiger partial charge is 0.309 e. The van der Waals surface area contributed by atoms with Crippen LogP contribution in [0.1, 0.15) is 67.8 Å². The number of fused-ring (bicyclic) bond motifs is 1. The molecule has 0 N–H and O–H groups in total. The number of nitrogens with zero attached hydrogens (tertiary/aromatic N) is 1. The zero-order valence-corrected chi connectivity index (χ0v) is 15.1. The van der Waals surface area contributed by atoms with Crippen LogP contribution < -0.4 is 4.90 Å². The number of rotatable bonds is 5. The van der Waals surface area contributed by atoms with Crippen molar-refractivity contribution in [3.05, 3.63) is 29.3 Å². The van der Waals surface area contributed by atoms with E-state index in [4.69, 9.17) is 11.6 Å². The lowest BCUT2D eigenvalue weighted by molar-refractivity contribution is -0.123. The van der Waals surface area contributed by atoms with Gasteiger partial charge in [-0.25, -0.2) is 0 Å². The second-order valence-corrected chi connectivity index (χ2v) is 7.53. The van der Waals surface area contributed by atoms with Crippen LogP contribution in [-0.4, -0.2) is 23.6 Å². The van der Waals surface area contributed by atoms with Crippen LogP contribution in [0.3, 0.4) is 0 Å². The molecule has 1 fully saturated rings. The number of carbonyl (C=O) groups excluding carboxylic acids is 2. The molecule has 0 spiro atoms. The molecule has 1 unspecified atom stereocenters. The van der Waals surface area contributed by atoms with Crippen LogP contribution in [0.5, 0.6) is 0 Å². The molecule has 0 bridgehead atoms. The highest BCUT2D eigenvalue weighted by atomic mass is 35.5. The first-order valence-electron chi connectivity index (χ1n) is 9.17. The third-order valence-corrected chi connectivity index (χ3v) is 5.61. The lowest BCUT2D eigenvalue weighted by atomic mass is 9.88. The fourth-order valence-electron chi connectivity index (χ4n) is 4.06. The summed E-state index contributed by atoms with van der Waals surface area (Å²) in [4.78, 5) is 27.2. The molecular weight excluding hydrogens is 322 g/mol.